The van der Waals surface area contributed by atoms with E-state index in [2.05, 4.69) is 55.1 Å². The van der Waals surface area contributed by atoms with Crippen LogP contribution in [-0.4, -0.2) is 48.2 Å². The Hall–Kier alpha value is -2.75. The summed E-state index contributed by atoms with van der Waals surface area (Å²) in [6, 6.07) is 10.6. The number of benzene rings is 1. The summed E-state index contributed by atoms with van der Waals surface area (Å²) >= 11 is 2.63. The summed E-state index contributed by atoms with van der Waals surface area (Å²) in [6.07, 6.45) is 6.12. The number of rotatable bonds is 8. The number of thiophene rings is 1. The molecule has 0 aliphatic carbocycles. The number of carbonyl (C=O) groups is 2. The highest BCUT2D eigenvalue weighted by Crippen LogP contribution is 2.23. The van der Waals surface area contributed by atoms with E-state index in [9.17, 15) is 9.59 Å². The molecule has 4 rings (SSSR count). The van der Waals surface area contributed by atoms with Gasteiger partial charge in [0.1, 0.15) is 0 Å². The van der Waals surface area contributed by atoms with Crippen molar-refractivity contribution in [2.24, 2.45) is 5.92 Å². The second-order valence-electron chi connectivity index (χ2n) is 7.94. The summed E-state index contributed by atoms with van der Waals surface area (Å²) in [5.74, 6) is 1.29. The molecule has 3 heterocycles. The van der Waals surface area contributed by atoms with E-state index in [1.165, 1.54) is 22.7 Å². The largest absolute Gasteiger partial charge is 0.350 e. The van der Waals surface area contributed by atoms with Gasteiger partial charge in [0.2, 0.25) is 5.95 Å². The highest BCUT2D eigenvalue weighted by molar-refractivity contribution is 8.17. The van der Waals surface area contributed by atoms with E-state index in [4.69, 9.17) is 0 Å². The number of nitrogens with zero attached hydrogens (tertiary/aromatic N) is 3. The molecule has 1 fully saturated rings. The van der Waals surface area contributed by atoms with E-state index in [1.54, 1.807) is 29.7 Å². The third-order valence-corrected chi connectivity index (χ3v) is 7.40. The Morgan fingerprint density at radius 1 is 1.27 bits per heavy atom. The predicted molar refractivity (Wildman–Crippen MR) is 137 cm³/mol. The number of aldehydes is 1. The molecule has 2 N–H and O–H groups in total. The summed E-state index contributed by atoms with van der Waals surface area (Å²) in [6.45, 7) is 3.68. The highest BCUT2D eigenvalue weighted by atomic mass is 32.2. The van der Waals surface area contributed by atoms with Gasteiger partial charge in [-0.3, -0.25) is 9.59 Å². The van der Waals surface area contributed by atoms with Crippen molar-refractivity contribution < 1.29 is 9.59 Å². The van der Waals surface area contributed by atoms with Crippen molar-refractivity contribution in [2.45, 2.75) is 19.4 Å². The van der Waals surface area contributed by atoms with Gasteiger partial charge in [-0.05, 0) is 83.7 Å². The SMILES string of the molecule is CNC(=O)S/C(C=O)=C\c1ccnc(N2CCC(CNCc3ccc4sccc4c3)CC2)n1. The van der Waals surface area contributed by atoms with Crippen LogP contribution < -0.4 is 15.5 Å². The molecule has 0 atom stereocenters. The van der Waals surface area contributed by atoms with Crippen LogP contribution in [0.4, 0.5) is 10.7 Å². The van der Waals surface area contributed by atoms with Crippen LogP contribution in [0.1, 0.15) is 24.1 Å². The first-order valence-electron chi connectivity index (χ1n) is 11.0. The van der Waals surface area contributed by atoms with Gasteiger partial charge in [-0.1, -0.05) is 6.07 Å². The second-order valence-corrected chi connectivity index (χ2v) is 9.93. The van der Waals surface area contributed by atoms with Gasteiger partial charge < -0.3 is 15.5 Å². The van der Waals surface area contributed by atoms with Crippen LogP contribution in [0.5, 0.6) is 0 Å². The van der Waals surface area contributed by atoms with Gasteiger partial charge in [-0.2, -0.15) is 0 Å². The number of aromatic nitrogens is 2. The molecule has 1 saturated heterocycles. The maximum atomic E-state index is 11.5. The van der Waals surface area contributed by atoms with E-state index in [-0.39, 0.29) is 5.24 Å². The number of hydrogen-bond acceptors (Lipinski definition) is 8. The lowest BCUT2D eigenvalue weighted by Crippen LogP contribution is -2.38. The number of thioether (sulfide) groups is 1. The molecule has 0 radical (unpaired) electrons. The van der Waals surface area contributed by atoms with Gasteiger partial charge in [-0.15, -0.1) is 11.3 Å². The number of carbonyl (C=O) groups excluding carboxylic acids is 2. The van der Waals surface area contributed by atoms with Crippen LogP contribution in [0, 0.1) is 5.92 Å². The van der Waals surface area contributed by atoms with Crippen molar-refractivity contribution in [2.75, 3.05) is 31.6 Å². The maximum Gasteiger partial charge on any atom is 0.283 e. The zero-order chi connectivity index (χ0) is 23.0. The molecule has 1 aliphatic rings. The molecule has 7 nitrogen and oxygen atoms in total. The van der Waals surface area contributed by atoms with E-state index in [1.807, 2.05) is 0 Å². The Balaban J connectivity index is 1.27. The van der Waals surface area contributed by atoms with Crippen molar-refractivity contribution in [1.82, 2.24) is 20.6 Å². The molecule has 1 aliphatic heterocycles. The molecule has 1 amide bonds. The van der Waals surface area contributed by atoms with E-state index in [0.29, 0.717) is 28.8 Å². The zero-order valence-corrected chi connectivity index (χ0v) is 20.1. The van der Waals surface area contributed by atoms with Crippen molar-refractivity contribution >= 4 is 56.7 Å². The normalized spacial score (nSPS) is 15.1. The number of anilines is 1. The van der Waals surface area contributed by atoms with Gasteiger partial charge >= 0.3 is 0 Å². The van der Waals surface area contributed by atoms with Gasteiger partial charge in [0.15, 0.2) is 6.29 Å². The van der Waals surface area contributed by atoms with Crippen LogP contribution in [-0.2, 0) is 11.3 Å². The molecule has 1 aromatic carbocycles. The molecule has 0 bridgehead atoms. The third-order valence-electron chi connectivity index (χ3n) is 5.66. The minimum absolute atomic E-state index is 0.287. The summed E-state index contributed by atoms with van der Waals surface area (Å²) in [4.78, 5) is 34.3. The first-order chi connectivity index (χ1) is 16.1. The van der Waals surface area contributed by atoms with E-state index in [0.717, 1.165) is 50.8 Å². The Morgan fingerprint density at radius 3 is 2.91 bits per heavy atom. The minimum Gasteiger partial charge on any atom is -0.350 e. The summed E-state index contributed by atoms with van der Waals surface area (Å²) in [7, 11) is 1.53. The fourth-order valence-corrected chi connectivity index (χ4v) is 5.18. The molecule has 0 saturated carbocycles. The monoisotopic (exact) mass is 481 g/mol. The maximum absolute atomic E-state index is 11.5. The zero-order valence-electron chi connectivity index (χ0n) is 18.5. The number of allylic oxidation sites excluding steroid dienone is 1. The summed E-state index contributed by atoms with van der Waals surface area (Å²) in [5.41, 5.74) is 1.94. The molecule has 0 spiro atoms. The molecular weight excluding hydrogens is 454 g/mol. The number of amides is 1. The Bertz CT molecular complexity index is 1140. The van der Waals surface area contributed by atoms with Crippen molar-refractivity contribution in [1.29, 1.82) is 0 Å². The lowest BCUT2D eigenvalue weighted by molar-refractivity contribution is -0.104. The molecule has 9 heteroatoms. The highest BCUT2D eigenvalue weighted by Gasteiger charge is 2.21. The Labute approximate surface area is 201 Å². The number of nitrogens with one attached hydrogen (secondary N) is 2. The summed E-state index contributed by atoms with van der Waals surface area (Å²) in [5, 5.41) is 9.27. The van der Waals surface area contributed by atoms with Crippen LogP contribution in [0.25, 0.3) is 16.2 Å². The second kappa shape index (κ2) is 11.4. The first-order valence-corrected chi connectivity index (χ1v) is 12.7. The minimum atomic E-state index is -0.287. The van der Waals surface area contributed by atoms with E-state index < -0.39 is 0 Å². The smallest absolute Gasteiger partial charge is 0.283 e. The van der Waals surface area contributed by atoms with Gasteiger partial charge in [0.25, 0.3) is 5.24 Å². The number of hydrogen-bond donors (Lipinski definition) is 2. The molecule has 2 aromatic heterocycles. The molecule has 33 heavy (non-hydrogen) atoms. The first kappa shape index (κ1) is 23.4. The Kier molecular flexibility index (Phi) is 8.09. The molecule has 3 aromatic rings. The lowest BCUT2D eigenvalue weighted by Gasteiger charge is -2.32. The molecular formula is C24H27N5O2S2. The molecule has 0 unspecified atom stereocenters. The van der Waals surface area contributed by atoms with Gasteiger partial charge in [-0.25, -0.2) is 9.97 Å². The number of fused-ring (bicyclic) bond motifs is 1. The number of piperidine rings is 1. The third kappa shape index (κ3) is 6.40. The van der Waals surface area contributed by atoms with Crippen LogP contribution in [0.15, 0.2) is 46.8 Å². The van der Waals surface area contributed by atoms with Crippen molar-refractivity contribution in [3.05, 3.63) is 58.1 Å². The van der Waals surface area contributed by atoms with Gasteiger partial charge in [0.05, 0.1) is 10.6 Å². The fraction of sp³-hybridized carbons (Fsp3) is 0.333. The average molecular weight is 482 g/mol. The van der Waals surface area contributed by atoms with Gasteiger partial charge in [0, 0.05) is 37.6 Å². The standard InChI is InChI=1S/C24H27N5O2S2/c1-25-24(31)33-21(16-30)13-20-4-8-27-23(28-20)29-9-5-17(6-10-29)14-26-15-18-2-3-22-19(12-18)7-11-32-22/h2-4,7-8,11-13,16-17,26H,5-6,9-10,14-15H2,1H3,(H,25,31)/b21-13-. The topological polar surface area (TPSA) is 87.2 Å². The fourth-order valence-electron chi connectivity index (χ4n) is 3.87. The average Bonchev–Trinajstić information content (AvgIpc) is 3.32. The van der Waals surface area contributed by atoms with Crippen molar-refractivity contribution in [3.8, 4) is 0 Å². The van der Waals surface area contributed by atoms with E-state index >= 15 is 0 Å². The van der Waals surface area contributed by atoms with Crippen molar-refractivity contribution in [3.63, 3.8) is 0 Å². The molecule has 172 valence electrons. The van der Waals surface area contributed by atoms with Crippen LogP contribution >= 0.6 is 23.1 Å². The Morgan fingerprint density at radius 2 is 2.12 bits per heavy atom. The predicted octanol–water partition coefficient (Wildman–Crippen LogP) is 4.31. The quantitative estimate of drug-likeness (QED) is 0.366. The van der Waals surface area contributed by atoms with Crippen LogP contribution in [0.3, 0.4) is 0 Å². The van der Waals surface area contributed by atoms with Crippen LogP contribution in [0.2, 0.25) is 0 Å². The lowest BCUT2D eigenvalue weighted by atomic mass is 9.97. The summed E-state index contributed by atoms with van der Waals surface area (Å²) < 4.78 is 1.33.